The van der Waals surface area contributed by atoms with Crippen LogP contribution in [0.1, 0.15) is 32.6 Å². The molecule has 2 atom stereocenters. The molecule has 1 aliphatic heterocycles. The van der Waals surface area contributed by atoms with E-state index in [-0.39, 0.29) is 18.1 Å². The van der Waals surface area contributed by atoms with Gasteiger partial charge in [-0.3, -0.25) is 14.7 Å². The number of imide groups is 1. The number of thioether (sulfide) groups is 1. The van der Waals surface area contributed by atoms with Gasteiger partial charge < -0.3 is 15.0 Å². The number of benzene rings is 1. The summed E-state index contributed by atoms with van der Waals surface area (Å²) in [6, 6.07) is 7.81. The van der Waals surface area contributed by atoms with Gasteiger partial charge in [-0.1, -0.05) is 30.0 Å². The van der Waals surface area contributed by atoms with Crippen LogP contribution in [0.4, 0.5) is 4.79 Å². The van der Waals surface area contributed by atoms with Gasteiger partial charge in [0, 0.05) is 35.3 Å². The molecule has 10 heteroatoms. The average Bonchev–Trinajstić information content (AvgIpc) is 3.17. The fraction of sp³-hybridized carbons (Fsp3) is 0.455. The van der Waals surface area contributed by atoms with Crippen molar-refractivity contribution in [3.63, 3.8) is 0 Å². The Bertz CT molecular complexity index is 1130. The summed E-state index contributed by atoms with van der Waals surface area (Å²) in [6.45, 7) is 3.13. The summed E-state index contributed by atoms with van der Waals surface area (Å²) in [5, 5.41) is 15.3. The van der Waals surface area contributed by atoms with E-state index in [1.807, 2.05) is 35.0 Å². The minimum Gasteiger partial charge on any atom is -0.376 e. The van der Waals surface area contributed by atoms with Crippen molar-refractivity contribution >= 4 is 34.6 Å². The van der Waals surface area contributed by atoms with Gasteiger partial charge in [0.2, 0.25) is 5.91 Å². The lowest BCUT2D eigenvalue weighted by atomic mass is 10.1. The Morgan fingerprint density at radius 3 is 2.91 bits per heavy atom. The smallest absolute Gasteiger partial charge is 0.321 e. The Labute approximate surface area is 189 Å². The summed E-state index contributed by atoms with van der Waals surface area (Å²) in [7, 11) is 0. The molecule has 3 aromatic rings. The zero-order chi connectivity index (χ0) is 22.1. The standard InChI is InChI=1S/C22H26N6O3S/c1-13(20(29)25-21(30)24-14-8-9-14)32-22-27-26-19(28(22)12-15-5-4-10-31-15)17-11-23-18-7-3-2-6-16(17)18/h2-3,6-7,11,13-15,23H,4-5,8-10,12H2,1H3,(H2,24,25,29,30). The van der Waals surface area contributed by atoms with Gasteiger partial charge in [0.1, 0.15) is 0 Å². The van der Waals surface area contributed by atoms with Gasteiger partial charge in [-0.15, -0.1) is 10.2 Å². The van der Waals surface area contributed by atoms with E-state index in [1.54, 1.807) is 6.92 Å². The number of hydrogen-bond donors (Lipinski definition) is 3. The highest BCUT2D eigenvalue weighted by Crippen LogP contribution is 2.32. The van der Waals surface area contributed by atoms with Crippen LogP contribution in [0, 0.1) is 0 Å². The van der Waals surface area contributed by atoms with Gasteiger partial charge >= 0.3 is 6.03 Å². The third kappa shape index (κ3) is 4.51. The number of nitrogens with zero attached hydrogens (tertiary/aromatic N) is 3. The largest absolute Gasteiger partial charge is 0.376 e. The highest BCUT2D eigenvalue weighted by molar-refractivity contribution is 8.00. The summed E-state index contributed by atoms with van der Waals surface area (Å²) in [6.07, 6.45) is 5.97. The maximum atomic E-state index is 12.5. The number of urea groups is 1. The Morgan fingerprint density at radius 2 is 2.12 bits per heavy atom. The Balaban J connectivity index is 1.38. The average molecular weight is 455 g/mol. The zero-order valence-corrected chi connectivity index (χ0v) is 18.7. The number of H-pyrrole nitrogens is 1. The molecule has 3 amide bonds. The van der Waals surface area contributed by atoms with Gasteiger partial charge in [-0.25, -0.2) is 4.79 Å². The van der Waals surface area contributed by atoms with E-state index in [4.69, 9.17) is 4.74 Å². The van der Waals surface area contributed by atoms with Gasteiger partial charge in [0.25, 0.3) is 0 Å². The van der Waals surface area contributed by atoms with Crippen LogP contribution in [0.3, 0.4) is 0 Å². The number of fused-ring (bicyclic) bond motifs is 1. The summed E-state index contributed by atoms with van der Waals surface area (Å²) >= 11 is 1.29. The lowest BCUT2D eigenvalue weighted by molar-refractivity contribution is -0.119. The van der Waals surface area contributed by atoms with E-state index in [1.165, 1.54) is 11.8 Å². The van der Waals surface area contributed by atoms with Crippen LogP contribution < -0.4 is 10.6 Å². The fourth-order valence-corrected chi connectivity index (χ4v) is 4.72. The Hall–Kier alpha value is -2.85. The molecule has 5 rings (SSSR count). The molecule has 2 fully saturated rings. The number of carbonyl (C=O) groups is 2. The number of carbonyl (C=O) groups excluding carboxylic acids is 2. The number of ether oxygens (including phenoxy) is 1. The third-order valence-corrected chi connectivity index (χ3v) is 6.84. The minimum atomic E-state index is -0.511. The highest BCUT2D eigenvalue weighted by atomic mass is 32.2. The number of para-hydroxylation sites is 1. The molecule has 3 N–H and O–H groups in total. The van der Waals surface area contributed by atoms with Crippen LogP contribution >= 0.6 is 11.8 Å². The lowest BCUT2D eigenvalue weighted by Gasteiger charge is -2.16. The Morgan fingerprint density at radius 1 is 1.28 bits per heavy atom. The topological polar surface area (TPSA) is 114 Å². The van der Waals surface area contributed by atoms with Crippen LogP contribution in [0.5, 0.6) is 0 Å². The molecule has 2 aliphatic rings. The van der Waals surface area contributed by atoms with Crippen molar-refractivity contribution in [2.45, 2.75) is 61.7 Å². The second kappa shape index (κ2) is 8.95. The van der Waals surface area contributed by atoms with E-state index in [2.05, 4.69) is 25.8 Å². The zero-order valence-electron chi connectivity index (χ0n) is 17.8. The van der Waals surface area contributed by atoms with Crippen LogP contribution in [-0.4, -0.2) is 55.7 Å². The second-order valence-electron chi connectivity index (χ2n) is 8.30. The first-order valence-corrected chi connectivity index (χ1v) is 11.9. The normalized spacial score (nSPS) is 19.2. The molecular weight excluding hydrogens is 428 g/mol. The quantitative estimate of drug-likeness (QED) is 0.473. The first-order valence-electron chi connectivity index (χ1n) is 11.0. The summed E-state index contributed by atoms with van der Waals surface area (Å²) in [5.74, 6) is 0.382. The van der Waals surface area contributed by atoms with Crippen molar-refractivity contribution in [1.82, 2.24) is 30.4 Å². The molecule has 1 saturated carbocycles. The summed E-state index contributed by atoms with van der Waals surface area (Å²) in [5.41, 5.74) is 1.98. The fourth-order valence-electron chi connectivity index (χ4n) is 3.86. The SMILES string of the molecule is CC(Sc1nnc(-c2c[nH]c3ccccc23)n1CC1CCCO1)C(=O)NC(=O)NC1CC1. The predicted molar refractivity (Wildman–Crippen MR) is 121 cm³/mol. The maximum Gasteiger partial charge on any atom is 0.321 e. The molecule has 3 heterocycles. The van der Waals surface area contributed by atoms with Crippen molar-refractivity contribution in [2.75, 3.05) is 6.61 Å². The molecule has 168 valence electrons. The molecule has 2 aromatic heterocycles. The number of amides is 3. The number of nitrogens with one attached hydrogen (secondary N) is 3. The summed E-state index contributed by atoms with van der Waals surface area (Å²) < 4.78 is 7.90. The number of aromatic nitrogens is 4. The highest BCUT2D eigenvalue weighted by Gasteiger charge is 2.28. The van der Waals surface area contributed by atoms with E-state index < -0.39 is 11.3 Å². The molecule has 0 spiro atoms. The minimum absolute atomic E-state index is 0.0859. The van der Waals surface area contributed by atoms with E-state index >= 15 is 0 Å². The van der Waals surface area contributed by atoms with Crippen LogP contribution in [0.2, 0.25) is 0 Å². The number of rotatable bonds is 7. The number of hydrogen-bond acceptors (Lipinski definition) is 6. The first-order chi connectivity index (χ1) is 15.6. The van der Waals surface area contributed by atoms with E-state index in [0.29, 0.717) is 11.7 Å². The molecular formula is C22H26N6O3S. The first kappa shape index (κ1) is 21.0. The molecule has 9 nitrogen and oxygen atoms in total. The van der Waals surface area contributed by atoms with Gasteiger partial charge in [0.15, 0.2) is 11.0 Å². The van der Waals surface area contributed by atoms with Gasteiger partial charge in [-0.2, -0.15) is 0 Å². The van der Waals surface area contributed by atoms with Crippen LogP contribution in [0.15, 0.2) is 35.6 Å². The van der Waals surface area contributed by atoms with Crippen LogP contribution in [-0.2, 0) is 16.1 Å². The molecule has 1 aliphatic carbocycles. The van der Waals surface area contributed by atoms with Crippen molar-refractivity contribution in [3.8, 4) is 11.4 Å². The van der Waals surface area contributed by atoms with Crippen molar-refractivity contribution in [3.05, 3.63) is 30.5 Å². The van der Waals surface area contributed by atoms with Crippen molar-refractivity contribution < 1.29 is 14.3 Å². The molecule has 1 saturated heterocycles. The van der Waals surface area contributed by atoms with Gasteiger partial charge in [0.05, 0.1) is 17.9 Å². The molecule has 0 radical (unpaired) electrons. The second-order valence-corrected chi connectivity index (χ2v) is 9.60. The molecule has 2 unspecified atom stereocenters. The summed E-state index contributed by atoms with van der Waals surface area (Å²) in [4.78, 5) is 27.8. The molecule has 1 aromatic carbocycles. The number of aromatic amines is 1. The maximum absolute atomic E-state index is 12.5. The van der Waals surface area contributed by atoms with Crippen LogP contribution in [0.25, 0.3) is 22.3 Å². The van der Waals surface area contributed by atoms with Gasteiger partial charge in [-0.05, 0) is 38.7 Å². The van der Waals surface area contributed by atoms with E-state index in [0.717, 1.165) is 54.6 Å². The van der Waals surface area contributed by atoms with Crippen molar-refractivity contribution in [2.24, 2.45) is 0 Å². The third-order valence-electron chi connectivity index (χ3n) is 5.76. The molecule has 0 bridgehead atoms. The van der Waals surface area contributed by atoms with E-state index in [9.17, 15) is 9.59 Å². The Kier molecular flexibility index (Phi) is 5.88. The van der Waals surface area contributed by atoms with Crippen molar-refractivity contribution in [1.29, 1.82) is 0 Å². The monoisotopic (exact) mass is 454 g/mol. The molecule has 32 heavy (non-hydrogen) atoms. The predicted octanol–water partition coefficient (Wildman–Crippen LogP) is 3.07. The lowest BCUT2D eigenvalue weighted by Crippen LogP contribution is -2.43.